The van der Waals surface area contributed by atoms with Crippen LogP contribution in [0.15, 0.2) is 36.5 Å². The molecule has 0 radical (unpaired) electrons. The third kappa shape index (κ3) is 3.58. The Morgan fingerprint density at radius 2 is 1.79 bits per heavy atom. The maximum absolute atomic E-state index is 5.75. The van der Waals surface area contributed by atoms with Crippen molar-refractivity contribution in [3.8, 4) is 0 Å². The van der Waals surface area contributed by atoms with Gasteiger partial charge in [0.15, 0.2) is 0 Å². The van der Waals surface area contributed by atoms with E-state index in [1.807, 2.05) is 12.1 Å². The predicted molar refractivity (Wildman–Crippen MR) is 80.3 cm³/mol. The molecule has 4 nitrogen and oxygen atoms in total. The monoisotopic (exact) mass is 276 g/mol. The number of hydrogen-bond donors (Lipinski definition) is 1. The lowest BCUT2D eigenvalue weighted by Crippen LogP contribution is -2.21. The normalized spacial score (nSPS) is 10.3. The Morgan fingerprint density at radius 3 is 2.37 bits per heavy atom. The van der Waals surface area contributed by atoms with E-state index in [9.17, 15) is 0 Å². The smallest absolute Gasteiger partial charge is 0.224 e. The Bertz CT molecular complexity index is 523. The first kappa shape index (κ1) is 13.6. The van der Waals surface area contributed by atoms with E-state index in [4.69, 9.17) is 11.6 Å². The highest BCUT2D eigenvalue weighted by Crippen LogP contribution is 2.20. The molecule has 0 amide bonds. The van der Waals surface area contributed by atoms with Crippen molar-refractivity contribution in [1.82, 2.24) is 9.97 Å². The molecule has 0 aliphatic carbocycles. The maximum atomic E-state index is 5.75. The molecule has 0 saturated heterocycles. The van der Waals surface area contributed by atoms with Crippen LogP contribution < -0.4 is 10.2 Å². The number of halogens is 1. The van der Waals surface area contributed by atoms with Crippen LogP contribution in [0.2, 0.25) is 5.28 Å². The fourth-order valence-electron chi connectivity index (χ4n) is 1.90. The van der Waals surface area contributed by atoms with Gasteiger partial charge in [-0.05, 0) is 55.8 Å². The van der Waals surface area contributed by atoms with Gasteiger partial charge in [-0.3, -0.25) is 0 Å². The van der Waals surface area contributed by atoms with Gasteiger partial charge in [0.2, 0.25) is 5.28 Å². The molecular weight excluding hydrogens is 260 g/mol. The van der Waals surface area contributed by atoms with Gasteiger partial charge in [0.05, 0.1) is 0 Å². The zero-order chi connectivity index (χ0) is 13.7. The van der Waals surface area contributed by atoms with Crippen LogP contribution in [0.3, 0.4) is 0 Å². The maximum Gasteiger partial charge on any atom is 0.224 e. The van der Waals surface area contributed by atoms with E-state index >= 15 is 0 Å². The molecule has 2 aromatic rings. The number of anilines is 3. The highest BCUT2D eigenvalue weighted by atomic mass is 35.5. The number of aromatic nitrogens is 2. The molecule has 1 aromatic heterocycles. The fraction of sp³-hybridized carbons (Fsp3) is 0.286. The first-order chi connectivity index (χ1) is 9.22. The largest absolute Gasteiger partial charge is 0.372 e. The first-order valence-electron chi connectivity index (χ1n) is 6.33. The first-order valence-corrected chi connectivity index (χ1v) is 6.71. The van der Waals surface area contributed by atoms with E-state index in [0.29, 0.717) is 5.82 Å². The lowest BCUT2D eigenvalue weighted by atomic mass is 10.2. The van der Waals surface area contributed by atoms with Gasteiger partial charge in [-0.15, -0.1) is 0 Å². The van der Waals surface area contributed by atoms with E-state index in [1.165, 1.54) is 5.69 Å². The minimum absolute atomic E-state index is 0.241. The summed E-state index contributed by atoms with van der Waals surface area (Å²) in [4.78, 5) is 10.2. The van der Waals surface area contributed by atoms with Gasteiger partial charge >= 0.3 is 0 Å². The molecular formula is C14H17ClN4. The molecule has 0 saturated carbocycles. The average Bonchev–Trinajstić information content (AvgIpc) is 2.42. The van der Waals surface area contributed by atoms with Gasteiger partial charge in [0.25, 0.3) is 0 Å². The summed E-state index contributed by atoms with van der Waals surface area (Å²) in [6, 6.07) is 10.0. The molecule has 19 heavy (non-hydrogen) atoms. The standard InChI is InChI=1S/C14H17ClN4/c1-3-19(4-2)12-7-5-11(6-8-12)17-13-9-10-16-14(15)18-13/h5-10H,3-4H2,1-2H3,(H,16,17,18). The van der Waals surface area contributed by atoms with E-state index in [0.717, 1.165) is 18.8 Å². The summed E-state index contributed by atoms with van der Waals surface area (Å²) < 4.78 is 0. The fourth-order valence-corrected chi connectivity index (χ4v) is 2.04. The molecule has 1 heterocycles. The Kier molecular flexibility index (Phi) is 4.58. The number of hydrogen-bond acceptors (Lipinski definition) is 4. The Labute approximate surface area is 118 Å². The van der Waals surface area contributed by atoms with E-state index < -0.39 is 0 Å². The van der Waals surface area contributed by atoms with Crippen LogP contribution in [0.4, 0.5) is 17.2 Å². The van der Waals surface area contributed by atoms with Crippen molar-refractivity contribution in [3.63, 3.8) is 0 Å². The minimum Gasteiger partial charge on any atom is -0.372 e. The molecule has 2 rings (SSSR count). The van der Waals surface area contributed by atoms with Gasteiger partial charge in [-0.1, -0.05) is 0 Å². The third-order valence-corrected chi connectivity index (χ3v) is 3.08. The summed E-state index contributed by atoms with van der Waals surface area (Å²) in [7, 11) is 0. The average molecular weight is 277 g/mol. The highest BCUT2D eigenvalue weighted by Gasteiger charge is 2.02. The van der Waals surface area contributed by atoms with E-state index in [2.05, 4.69) is 46.2 Å². The lowest BCUT2D eigenvalue weighted by molar-refractivity contribution is 0.866. The van der Waals surface area contributed by atoms with Crippen LogP contribution in [-0.4, -0.2) is 23.1 Å². The third-order valence-electron chi connectivity index (χ3n) is 2.89. The van der Waals surface area contributed by atoms with Crippen molar-refractivity contribution >= 4 is 28.8 Å². The Morgan fingerprint density at radius 1 is 1.11 bits per heavy atom. The number of nitrogens with one attached hydrogen (secondary N) is 1. The minimum atomic E-state index is 0.241. The second kappa shape index (κ2) is 6.38. The number of nitrogens with zero attached hydrogens (tertiary/aromatic N) is 3. The number of benzene rings is 1. The zero-order valence-corrected chi connectivity index (χ0v) is 11.9. The van der Waals surface area contributed by atoms with Gasteiger partial charge < -0.3 is 10.2 Å². The summed E-state index contributed by atoms with van der Waals surface area (Å²) in [5.74, 6) is 0.690. The van der Waals surface area contributed by atoms with Crippen LogP contribution in [0.25, 0.3) is 0 Å². The van der Waals surface area contributed by atoms with Crippen molar-refractivity contribution < 1.29 is 0 Å². The summed E-state index contributed by atoms with van der Waals surface area (Å²) in [5.41, 5.74) is 2.20. The molecule has 0 aliphatic heterocycles. The summed E-state index contributed by atoms with van der Waals surface area (Å²) >= 11 is 5.75. The lowest BCUT2D eigenvalue weighted by Gasteiger charge is -2.21. The van der Waals surface area contributed by atoms with Crippen LogP contribution in [-0.2, 0) is 0 Å². The van der Waals surface area contributed by atoms with Crippen molar-refractivity contribution in [2.75, 3.05) is 23.3 Å². The molecule has 0 aliphatic rings. The molecule has 1 N–H and O–H groups in total. The molecule has 0 fully saturated rings. The molecule has 100 valence electrons. The second-order valence-corrected chi connectivity index (χ2v) is 4.39. The molecule has 0 bridgehead atoms. The van der Waals surface area contributed by atoms with Gasteiger partial charge in [-0.25, -0.2) is 9.97 Å². The van der Waals surface area contributed by atoms with Crippen LogP contribution in [0.1, 0.15) is 13.8 Å². The molecule has 0 atom stereocenters. The van der Waals surface area contributed by atoms with Crippen molar-refractivity contribution in [1.29, 1.82) is 0 Å². The molecule has 0 unspecified atom stereocenters. The van der Waals surface area contributed by atoms with Crippen molar-refractivity contribution in [3.05, 3.63) is 41.8 Å². The van der Waals surface area contributed by atoms with Gasteiger partial charge in [0.1, 0.15) is 5.82 Å². The highest BCUT2D eigenvalue weighted by molar-refractivity contribution is 6.28. The zero-order valence-electron chi connectivity index (χ0n) is 11.1. The van der Waals surface area contributed by atoms with Crippen LogP contribution in [0, 0.1) is 0 Å². The number of rotatable bonds is 5. The molecule has 1 aromatic carbocycles. The predicted octanol–water partition coefficient (Wildman–Crippen LogP) is 3.72. The molecule has 5 heteroatoms. The SMILES string of the molecule is CCN(CC)c1ccc(Nc2ccnc(Cl)n2)cc1. The van der Waals surface area contributed by atoms with Crippen LogP contribution >= 0.6 is 11.6 Å². The quantitative estimate of drug-likeness (QED) is 0.845. The second-order valence-electron chi connectivity index (χ2n) is 4.06. The van der Waals surface area contributed by atoms with E-state index in [1.54, 1.807) is 12.3 Å². The van der Waals surface area contributed by atoms with Crippen molar-refractivity contribution in [2.45, 2.75) is 13.8 Å². The van der Waals surface area contributed by atoms with Gasteiger partial charge in [0, 0.05) is 30.7 Å². The Hall–Kier alpha value is -1.81. The Balaban J connectivity index is 2.10. The van der Waals surface area contributed by atoms with Gasteiger partial charge in [-0.2, -0.15) is 0 Å². The van der Waals surface area contributed by atoms with Crippen molar-refractivity contribution in [2.24, 2.45) is 0 Å². The van der Waals surface area contributed by atoms with E-state index in [-0.39, 0.29) is 5.28 Å². The summed E-state index contributed by atoms with van der Waals surface area (Å²) in [6.45, 7) is 6.31. The summed E-state index contributed by atoms with van der Waals surface area (Å²) in [5, 5.41) is 3.43. The van der Waals surface area contributed by atoms with Crippen LogP contribution in [0.5, 0.6) is 0 Å². The molecule has 0 spiro atoms. The summed E-state index contributed by atoms with van der Waals surface area (Å²) in [6.07, 6.45) is 1.63. The topological polar surface area (TPSA) is 41.0 Å².